The summed E-state index contributed by atoms with van der Waals surface area (Å²) in [5.41, 5.74) is 7.85. The summed E-state index contributed by atoms with van der Waals surface area (Å²) in [7, 11) is 0. The van der Waals surface area contributed by atoms with Crippen molar-refractivity contribution in [1.29, 1.82) is 0 Å². The first-order valence-electron chi connectivity index (χ1n) is 11.1. The predicted molar refractivity (Wildman–Crippen MR) is 133 cm³/mol. The molecular formula is C23H32N4O7S. The Hall–Kier alpha value is -2.90. The van der Waals surface area contributed by atoms with Crippen molar-refractivity contribution in [3.63, 3.8) is 0 Å². The molecule has 1 heterocycles. The number of rotatable bonds is 16. The van der Waals surface area contributed by atoms with Crippen LogP contribution in [0.1, 0.15) is 37.6 Å². The maximum atomic E-state index is 11.7. The van der Waals surface area contributed by atoms with E-state index >= 15 is 0 Å². The number of ether oxygens (including phenoxy) is 2. The molecule has 2 aromatic rings. The van der Waals surface area contributed by atoms with Gasteiger partial charge in [0.15, 0.2) is 5.00 Å². The van der Waals surface area contributed by atoms with Gasteiger partial charge in [-0.25, -0.2) is 4.79 Å². The number of hydrogen-bond donors (Lipinski definition) is 4. The molecule has 11 nitrogen and oxygen atoms in total. The normalized spacial score (nSPS) is 11.3. The number of aryl methyl sites for hydroxylation is 1. The molecule has 1 aromatic carbocycles. The highest BCUT2D eigenvalue weighted by Gasteiger charge is 2.23. The predicted octanol–water partition coefficient (Wildman–Crippen LogP) is 2.79. The maximum Gasteiger partial charge on any atom is 0.339 e. The second-order valence-electron chi connectivity index (χ2n) is 7.59. The van der Waals surface area contributed by atoms with Crippen molar-refractivity contribution in [2.45, 2.75) is 20.3 Å². The summed E-state index contributed by atoms with van der Waals surface area (Å²) in [6, 6.07) is 5.62. The lowest BCUT2D eigenvalue weighted by molar-refractivity contribution is 0.0697. The molecule has 0 aliphatic rings. The van der Waals surface area contributed by atoms with Crippen LogP contribution in [0.2, 0.25) is 0 Å². The van der Waals surface area contributed by atoms with E-state index in [0.717, 1.165) is 29.0 Å². The van der Waals surface area contributed by atoms with Crippen molar-refractivity contribution in [2.24, 2.45) is 16.0 Å². The Morgan fingerprint density at radius 3 is 2.31 bits per heavy atom. The Morgan fingerprint density at radius 1 is 1.03 bits per heavy atom. The van der Waals surface area contributed by atoms with E-state index in [1.807, 2.05) is 19.1 Å². The lowest BCUT2D eigenvalue weighted by atomic mass is 10.1. The summed E-state index contributed by atoms with van der Waals surface area (Å²) < 4.78 is 10.8. The molecule has 0 aliphatic carbocycles. The third kappa shape index (κ3) is 8.37. The molecule has 0 saturated carbocycles. The standard InChI is InChI=1S/C23H32N4O7S/c1-15-14-17(27(7-11-34-13-9-29)6-3-10-33-12-8-28)4-5-18(15)25-26-22-19(23(31)32)16(2)20(35-22)21(24)30/h4-5,14,28-29H,3,6-13H2,1-2H3,(H2,24,30)(H,31,32). The zero-order chi connectivity index (χ0) is 25.8. The number of carboxylic acid groups (broad SMARTS) is 1. The number of carboxylic acids is 1. The number of amides is 1. The number of aliphatic hydroxyl groups is 2. The number of primary amides is 1. The number of azo groups is 1. The summed E-state index contributed by atoms with van der Waals surface area (Å²) in [5, 5.41) is 35.7. The molecule has 0 aliphatic heterocycles. The molecule has 0 atom stereocenters. The molecule has 0 radical (unpaired) electrons. The maximum absolute atomic E-state index is 11.7. The smallest absolute Gasteiger partial charge is 0.339 e. The molecule has 0 bridgehead atoms. The highest BCUT2D eigenvalue weighted by atomic mass is 32.1. The quantitative estimate of drug-likeness (QED) is 0.198. The van der Waals surface area contributed by atoms with Gasteiger partial charge in [0.05, 0.1) is 43.6 Å². The van der Waals surface area contributed by atoms with E-state index in [1.54, 1.807) is 6.07 Å². The van der Waals surface area contributed by atoms with Gasteiger partial charge in [-0.1, -0.05) is 0 Å². The molecule has 2 rings (SSSR count). The number of carbonyl (C=O) groups excluding carboxylic acids is 1. The second kappa shape index (κ2) is 14.5. The monoisotopic (exact) mass is 508 g/mol. The van der Waals surface area contributed by atoms with Gasteiger partial charge in [-0.2, -0.15) is 0 Å². The second-order valence-corrected chi connectivity index (χ2v) is 8.59. The minimum Gasteiger partial charge on any atom is -0.478 e. The van der Waals surface area contributed by atoms with Crippen LogP contribution in [0.3, 0.4) is 0 Å². The lowest BCUT2D eigenvalue weighted by Gasteiger charge is -2.25. The van der Waals surface area contributed by atoms with Gasteiger partial charge in [-0.15, -0.1) is 21.6 Å². The van der Waals surface area contributed by atoms with Gasteiger partial charge >= 0.3 is 5.97 Å². The van der Waals surface area contributed by atoms with Crippen LogP contribution in [0.5, 0.6) is 0 Å². The largest absolute Gasteiger partial charge is 0.478 e. The van der Waals surface area contributed by atoms with E-state index in [1.165, 1.54) is 6.92 Å². The van der Waals surface area contributed by atoms with Crippen molar-refractivity contribution in [2.75, 3.05) is 57.6 Å². The Morgan fingerprint density at radius 2 is 1.71 bits per heavy atom. The first kappa shape index (κ1) is 28.3. The van der Waals surface area contributed by atoms with Crippen molar-refractivity contribution >= 4 is 39.6 Å². The van der Waals surface area contributed by atoms with E-state index in [0.29, 0.717) is 38.6 Å². The van der Waals surface area contributed by atoms with Gasteiger partial charge in [0.2, 0.25) is 0 Å². The molecular weight excluding hydrogens is 476 g/mol. The van der Waals surface area contributed by atoms with E-state index in [9.17, 15) is 14.7 Å². The summed E-state index contributed by atoms with van der Waals surface area (Å²) in [4.78, 5) is 25.5. The molecule has 1 aromatic heterocycles. The summed E-state index contributed by atoms with van der Waals surface area (Å²) in [6.07, 6.45) is 0.748. The van der Waals surface area contributed by atoms with Crippen molar-refractivity contribution < 1.29 is 34.4 Å². The van der Waals surface area contributed by atoms with E-state index in [-0.39, 0.29) is 40.8 Å². The van der Waals surface area contributed by atoms with Crippen LogP contribution >= 0.6 is 11.3 Å². The van der Waals surface area contributed by atoms with E-state index < -0.39 is 11.9 Å². The summed E-state index contributed by atoms with van der Waals surface area (Å²) in [6.45, 7) is 6.15. The average Bonchev–Trinajstić information content (AvgIpc) is 3.16. The van der Waals surface area contributed by atoms with Gasteiger partial charge in [0.1, 0.15) is 5.56 Å². The molecule has 5 N–H and O–H groups in total. The number of benzene rings is 1. The Bertz CT molecular complexity index is 1030. The number of aromatic carboxylic acids is 1. The van der Waals surface area contributed by atoms with Crippen molar-refractivity contribution in [1.82, 2.24) is 0 Å². The van der Waals surface area contributed by atoms with E-state index in [2.05, 4.69) is 15.1 Å². The fourth-order valence-electron chi connectivity index (χ4n) is 3.34. The van der Waals surface area contributed by atoms with E-state index in [4.69, 9.17) is 25.4 Å². The van der Waals surface area contributed by atoms with Crippen LogP contribution in [-0.2, 0) is 9.47 Å². The lowest BCUT2D eigenvalue weighted by Crippen LogP contribution is -2.29. The number of thiophene rings is 1. The highest BCUT2D eigenvalue weighted by molar-refractivity contribution is 7.18. The first-order valence-corrected chi connectivity index (χ1v) is 11.9. The molecule has 0 fully saturated rings. The summed E-state index contributed by atoms with van der Waals surface area (Å²) >= 11 is 0.900. The topological polar surface area (TPSA) is 167 Å². The fourth-order valence-corrected chi connectivity index (χ4v) is 4.31. The molecule has 0 saturated heterocycles. The van der Waals surface area contributed by atoms with Gasteiger partial charge in [-0.05, 0) is 49.6 Å². The zero-order valence-corrected chi connectivity index (χ0v) is 20.7. The number of anilines is 1. The molecule has 0 unspecified atom stereocenters. The highest BCUT2D eigenvalue weighted by Crippen LogP contribution is 2.37. The van der Waals surface area contributed by atoms with Crippen LogP contribution in [0.4, 0.5) is 16.4 Å². The molecule has 35 heavy (non-hydrogen) atoms. The third-order valence-corrected chi connectivity index (χ3v) is 6.24. The minimum absolute atomic E-state index is 0.0171. The zero-order valence-electron chi connectivity index (χ0n) is 19.9. The Labute approximate surface area is 207 Å². The number of carbonyl (C=O) groups is 2. The van der Waals surface area contributed by atoms with Crippen LogP contribution in [0.25, 0.3) is 0 Å². The molecule has 0 spiro atoms. The van der Waals surface area contributed by atoms with Crippen molar-refractivity contribution in [3.05, 3.63) is 39.8 Å². The number of aliphatic hydroxyl groups excluding tert-OH is 2. The number of nitrogens with zero attached hydrogens (tertiary/aromatic N) is 3. The molecule has 1 amide bonds. The number of nitrogens with two attached hydrogens (primary N) is 1. The van der Waals surface area contributed by atoms with Crippen LogP contribution in [-0.4, -0.2) is 79.9 Å². The Balaban J connectivity index is 2.20. The van der Waals surface area contributed by atoms with Crippen LogP contribution < -0.4 is 10.6 Å². The van der Waals surface area contributed by atoms with Gasteiger partial charge < -0.3 is 35.4 Å². The summed E-state index contributed by atoms with van der Waals surface area (Å²) in [5.74, 6) is -1.91. The Kier molecular flexibility index (Phi) is 11.7. The van der Waals surface area contributed by atoms with Crippen molar-refractivity contribution in [3.8, 4) is 0 Å². The van der Waals surface area contributed by atoms with Gasteiger partial charge in [-0.3, -0.25) is 4.79 Å². The third-order valence-electron chi connectivity index (χ3n) is 5.05. The molecule has 12 heteroatoms. The van der Waals surface area contributed by atoms with Crippen LogP contribution in [0, 0.1) is 13.8 Å². The fraction of sp³-hybridized carbons (Fsp3) is 0.478. The van der Waals surface area contributed by atoms with Gasteiger partial charge in [0.25, 0.3) is 5.91 Å². The first-order chi connectivity index (χ1) is 16.8. The number of hydrogen-bond acceptors (Lipinski definition) is 10. The minimum atomic E-state index is -1.20. The molecule has 192 valence electrons. The van der Waals surface area contributed by atoms with Crippen LogP contribution in [0.15, 0.2) is 28.4 Å². The SMILES string of the molecule is Cc1cc(N(CCCOCCO)CCOCCO)ccc1N=Nc1sc(C(N)=O)c(C)c1C(=O)O. The van der Waals surface area contributed by atoms with Gasteiger partial charge in [0, 0.05) is 25.4 Å². The average molecular weight is 509 g/mol.